The van der Waals surface area contributed by atoms with Crippen LogP contribution in [0.25, 0.3) is 0 Å². The molecule has 0 aliphatic carbocycles. The molecule has 0 radical (unpaired) electrons. The summed E-state index contributed by atoms with van der Waals surface area (Å²) >= 11 is 0. The van der Waals surface area contributed by atoms with Crippen molar-refractivity contribution in [2.75, 3.05) is 0 Å². The van der Waals surface area contributed by atoms with Crippen LogP contribution in [-0.4, -0.2) is 10.1 Å². The lowest BCUT2D eigenvalue weighted by Gasteiger charge is -1.96. The normalized spacial score (nSPS) is 10.5. The lowest BCUT2D eigenvalue weighted by atomic mass is 10.1. The molecule has 4 heteroatoms. The first kappa shape index (κ1) is 11.3. The molecule has 0 atom stereocenters. The molecule has 0 aliphatic rings. The van der Waals surface area contributed by atoms with Crippen LogP contribution < -0.4 is 0 Å². The minimum atomic E-state index is 0.272. The Balaban J connectivity index is 2.11. The molecule has 2 aromatic rings. The zero-order valence-electron chi connectivity index (χ0n) is 9.84. The summed E-state index contributed by atoms with van der Waals surface area (Å²) in [7, 11) is 0. The molecule has 0 spiro atoms. The molecule has 1 heterocycles. The van der Waals surface area contributed by atoms with Gasteiger partial charge in [-0.15, -0.1) is 0 Å². The second-order valence-corrected chi connectivity index (χ2v) is 4.19. The Bertz CT molecular complexity index is 535. The number of hydrogen-bond acceptors (Lipinski definition) is 4. The second-order valence-electron chi connectivity index (χ2n) is 4.19. The molecule has 86 valence electrons. The van der Waals surface area contributed by atoms with E-state index in [4.69, 9.17) is 9.78 Å². The van der Waals surface area contributed by atoms with Crippen molar-refractivity contribution < 1.29 is 4.52 Å². The van der Waals surface area contributed by atoms with Crippen LogP contribution in [0.15, 0.2) is 28.8 Å². The summed E-state index contributed by atoms with van der Waals surface area (Å²) in [5.74, 6) is 1.61. The molecule has 1 aromatic heterocycles. The van der Waals surface area contributed by atoms with Gasteiger partial charge >= 0.3 is 0 Å². The summed E-state index contributed by atoms with van der Waals surface area (Å²) in [6, 6.07) is 9.46. The molecule has 0 saturated heterocycles. The van der Waals surface area contributed by atoms with E-state index in [0.29, 0.717) is 17.9 Å². The van der Waals surface area contributed by atoms with Crippen LogP contribution in [0.5, 0.6) is 0 Å². The lowest BCUT2D eigenvalue weighted by Crippen LogP contribution is -1.92. The molecule has 1 aromatic carbocycles. The van der Waals surface area contributed by atoms with E-state index in [1.807, 2.05) is 26.0 Å². The van der Waals surface area contributed by atoms with Crippen LogP contribution in [0.3, 0.4) is 0 Å². The van der Waals surface area contributed by atoms with Crippen molar-refractivity contribution in [3.8, 4) is 6.07 Å². The average Bonchev–Trinajstić information content (AvgIpc) is 2.79. The van der Waals surface area contributed by atoms with Gasteiger partial charge in [0.05, 0.1) is 18.1 Å². The van der Waals surface area contributed by atoms with Crippen molar-refractivity contribution in [1.82, 2.24) is 10.1 Å². The lowest BCUT2D eigenvalue weighted by molar-refractivity contribution is 0.377. The van der Waals surface area contributed by atoms with Gasteiger partial charge < -0.3 is 4.52 Å². The molecule has 17 heavy (non-hydrogen) atoms. The molecule has 0 fully saturated rings. The third kappa shape index (κ3) is 2.70. The first-order valence-corrected chi connectivity index (χ1v) is 5.50. The van der Waals surface area contributed by atoms with Crippen LogP contribution in [0.4, 0.5) is 0 Å². The number of hydrogen-bond donors (Lipinski definition) is 0. The van der Waals surface area contributed by atoms with Crippen molar-refractivity contribution in [2.45, 2.75) is 26.2 Å². The van der Waals surface area contributed by atoms with Gasteiger partial charge in [0.1, 0.15) is 0 Å². The molecular weight excluding hydrogens is 214 g/mol. The maximum Gasteiger partial charge on any atom is 0.231 e. The van der Waals surface area contributed by atoms with E-state index in [1.165, 1.54) is 0 Å². The number of aromatic nitrogens is 2. The quantitative estimate of drug-likeness (QED) is 0.808. The fraction of sp³-hybridized carbons (Fsp3) is 0.308. The van der Waals surface area contributed by atoms with E-state index < -0.39 is 0 Å². The van der Waals surface area contributed by atoms with Gasteiger partial charge in [0.25, 0.3) is 0 Å². The topological polar surface area (TPSA) is 62.7 Å². The molecule has 4 nitrogen and oxygen atoms in total. The predicted molar refractivity (Wildman–Crippen MR) is 62.4 cm³/mol. The zero-order valence-corrected chi connectivity index (χ0v) is 9.84. The fourth-order valence-electron chi connectivity index (χ4n) is 1.45. The average molecular weight is 227 g/mol. The molecule has 0 bridgehead atoms. The highest BCUT2D eigenvalue weighted by atomic mass is 16.5. The van der Waals surface area contributed by atoms with Crippen LogP contribution in [-0.2, 0) is 6.42 Å². The molecule has 0 N–H and O–H groups in total. The van der Waals surface area contributed by atoms with E-state index >= 15 is 0 Å². The van der Waals surface area contributed by atoms with Crippen LogP contribution in [0.1, 0.15) is 42.6 Å². The second kappa shape index (κ2) is 4.79. The number of nitriles is 1. The Morgan fingerprint density at radius 3 is 2.53 bits per heavy atom. The maximum atomic E-state index is 8.69. The van der Waals surface area contributed by atoms with Gasteiger partial charge in [0, 0.05) is 5.92 Å². The highest BCUT2D eigenvalue weighted by molar-refractivity contribution is 5.32. The van der Waals surface area contributed by atoms with E-state index in [1.54, 1.807) is 12.1 Å². The minimum absolute atomic E-state index is 0.272. The monoisotopic (exact) mass is 227 g/mol. The third-order valence-electron chi connectivity index (χ3n) is 2.44. The SMILES string of the molecule is CC(C)c1noc(Cc2ccc(C#N)cc2)n1. The van der Waals surface area contributed by atoms with Crippen molar-refractivity contribution in [3.05, 3.63) is 47.1 Å². The van der Waals surface area contributed by atoms with Crippen LogP contribution in [0.2, 0.25) is 0 Å². The van der Waals surface area contributed by atoms with Gasteiger partial charge in [0.2, 0.25) is 5.89 Å². The Labute approximate surface area is 99.9 Å². The largest absolute Gasteiger partial charge is 0.339 e. The Hall–Kier alpha value is -2.15. The summed E-state index contributed by atoms with van der Waals surface area (Å²) in [5.41, 5.74) is 1.71. The van der Waals surface area contributed by atoms with Crippen molar-refractivity contribution in [1.29, 1.82) is 5.26 Å². The summed E-state index contributed by atoms with van der Waals surface area (Å²) in [6.07, 6.45) is 0.603. The van der Waals surface area contributed by atoms with Gasteiger partial charge in [-0.05, 0) is 17.7 Å². The van der Waals surface area contributed by atoms with Gasteiger partial charge in [-0.2, -0.15) is 10.2 Å². The molecule has 0 saturated carbocycles. The standard InChI is InChI=1S/C13H13N3O/c1-9(2)13-15-12(17-16-13)7-10-3-5-11(8-14)6-4-10/h3-6,9H,7H2,1-2H3. The van der Waals surface area contributed by atoms with Crippen LogP contribution in [0, 0.1) is 11.3 Å². The molecule has 0 amide bonds. The Morgan fingerprint density at radius 1 is 1.29 bits per heavy atom. The highest BCUT2D eigenvalue weighted by Gasteiger charge is 2.09. The van der Waals surface area contributed by atoms with Crippen molar-refractivity contribution in [3.63, 3.8) is 0 Å². The van der Waals surface area contributed by atoms with E-state index in [2.05, 4.69) is 16.2 Å². The summed E-state index contributed by atoms with van der Waals surface area (Å²) < 4.78 is 5.16. The van der Waals surface area contributed by atoms with E-state index in [0.717, 1.165) is 11.4 Å². The molecular formula is C13H13N3O. The summed E-state index contributed by atoms with van der Waals surface area (Å²) in [5, 5.41) is 12.6. The first-order valence-electron chi connectivity index (χ1n) is 5.50. The number of nitrogens with zero attached hydrogens (tertiary/aromatic N) is 3. The zero-order chi connectivity index (χ0) is 12.3. The number of benzene rings is 1. The Kier molecular flexibility index (Phi) is 3.20. The first-order chi connectivity index (χ1) is 8.19. The summed E-state index contributed by atoms with van der Waals surface area (Å²) in [6.45, 7) is 4.05. The minimum Gasteiger partial charge on any atom is -0.339 e. The van der Waals surface area contributed by atoms with Gasteiger partial charge in [0.15, 0.2) is 5.82 Å². The Morgan fingerprint density at radius 2 is 2.00 bits per heavy atom. The van der Waals surface area contributed by atoms with E-state index in [-0.39, 0.29) is 5.92 Å². The molecule has 0 unspecified atom stereocenters. The highest BCUT2D eigenvalue weighted by Crippen LogP contribution is 2.13. The predicted octanol–water partition coefficient (Wildman–Crippen LogP) is 2.66. The third-order valence-corrected chi connectivity index (χ3v) is 2.44. The fourth-order valence-corrected chi connectivity index (χ4v) is 1.45. The van der Waals surface area contributed by atoms with Crippen molar-refractivity contribution >= 4 is 0 Å². The van der Waals surface area contributed by atoms with Gasteiger partial charge in [-0.25, -0.2) is 0 Å². The maximum absolute atomic E-state index is 8.69. The van der Waals surface area contributed by atoms with Gasteiger partial charge in [-0.3, -0.25) is 0 Å². The van der Waals surface area contributed by atoms with Crippen molar-refractivity contribution in [2.24, 2.45) is 0 Å². The molecule has 2 rings (SSSR count). The summed E-state index contributed by atoms with van der Waals surface area (Å²) in [4.78, 5) is 4.30. The van der Waals surface area contributed by atoms with Gasteiger partial charge in [-0.1, -0.05) is 31.1 Å². The van der Waals surface area contributed by atoms with Crippen LogP contribution >= 0.6 is 0 Å². The smallest absolute Gasteiger partial charge is 0.231 e. The van der Waals surface area contributed by atoms with E-state index in [9.17, 15) is 0 Å². The number of rotatable bonds is 3. The molecule has 0 aliphatic heterocycles.